The van der Waals surface area contributed by atoms with Gasteiger partial charge in [-0.2, -0.15) is 0 Å². The second-order valence-corrected chi connectivity index (χ2v) is 4.27. The largest absolute Gasteiger partial charge is 0.381 e. The lowest BCUT2D eigenvalue weighted by Crippen LogP contribution is -2.46. The first-order valence-corrected chi connectivity index (χ1v) is 5.72. The monoisotopic (exact) mass is 217 g/mol. The maximum Gasteiger partial charge on any atom is 0.0849 e. The van der Waals surface area contributed by atoms with Gasteiger partial charge in [0.25, 0.3) is 0 Å². The van der Waals surface area contributed by atoms with E-state index in [1.165, 1.54) is 0 Å². The summed E-state index contributed by atoms with van der Waals surface area (Å²) in [5.41, 5.74) is 5.59. The first kappa shape index (κ1) is 12.9. The summed E-state index contributed by atoms with van der Waals surface area (Å²) in [5, 5.41) is 0. The number of hydrogen-bond donors (Lipinski definition) is 1. The molecule has 0 aromatic carbocycles. The second-order valence-electron chi connectivity index (χ2n) is 4.27. The Morgan fingerprint density at radius 2 is 1.93 bits per heavy atom. The zero-order chi connectivity index (χ0) is 11.1. The zero-order valence-electron chi connectivity index (χ0n) is 9.83. The highest BCUT2D eigenvalue weighted by Gasteiger charge is 2.31. The van der Waals surface area contributed by atoms with E-state index in [2.05, 4.69) is 0 Å². The summed E-state index contributed by atoms with van der Waals surface area (Å²) < 4.78 is 16.6. The maximum atomic E-state index is 5.84. The van der Waals surface area contributed by atoms with E-state index in [1.807, 2.05) is 13.8 Å². The van der Waals surface area contributed by atoms with Crippen LogP contribution in [0.25, 0.3) is 0 Å². The molecule has 0 amide bonds. The SMILES string of the molecule is CC(C)OCCOC1(CN)CCOCC1. The molecule has 0 unspecified atom stereocenters. The first-order valence-electron chi connectivity index (χ1n) is 5.72. The minimum atomic E-state index is -0.168. The summed E-state index contributed by atoms with van der Waals surface area (Å²) in [6.07, 6.45) is 2.05. The Morgan fingerprint density at radius 3 is 2.47 bits per heavy atom. The lowest BCUT2D eigenvalue weighted by Gasteiger charge is -2.36. The van der Waals surface area contributed by atoms with Crippen molar-refractivity contribution in [1.29, 1.82) is 0 Å². The highest BCUT2D eigenvalue weighted by atomic mass is 16.5. The quantitative estimate of drug-likeness (QED) is 0.673. The third kappa shape index (κ3) is 4.47. The van der Waals surface area contributed by atoms with Crippen LogP contribution in [-0.4, -0.2) is 44.7 Å². The molecular formula is C11H23NO3. The van der Waals surface area contributed by atoms with Crippen LogP contribution in [0.4, 0.5) is 0 Å². The van der Waals surface area contributed by atoms with E-state index < -0.39 is 0 Å². The van der Waals surface area contributed by atoms with Gasteiger partial charge < -0.3 is 19.9 Å². The number of rotatable bonds is 6. The maximum absolute atomic E-state index is 5.84. The molecule has 4 nitrogen and oxygen atoms in total. The molecule has 0 aromatic heterocycles. The Balaban J connectivity index is 2.20. The molecule has 0 saturated carbocycles. The molecule has 15 heavy (non-hydrogen) atoms. The average molecular weight is 217 g/mol. The molecule has 0 radical (unpaired) electrons. The summed E-state index contributed by atoms with van der Waals surface area (Å²) in [5.74, 6) is 0. The van der Waals surface area contributed by atoms with Crippen molar-refractivity contribution in [2.75, 3.05) is 33.0 Å². The molecule has 2 N–H and O–H groups in total. The third-order valence-corrected chi connectivity index (χ3v) is 2.72. The molecule has 90 valence electrons. The van der Waals surface area contributed by atoms with E-state index in [-0.39, 0.29) is 11.7 Å². The number of hydrogen-bond acceptors (Lipinski definition) is 4. The molecule has 1 aliphatic heterocycles. The molecule has 1 saturated heterocycles. The van der Waals surface area contributed by atoms with Crippen molar-refractivity contribution < 1.29 is 14.2 Å². The summed E-state index contributed by atoms with van der Waals surface area (Å²) in [7, 11) is 0. The van der Waals surface area contributed by atoms with Gasteiger partial charge in [-0.1, -0.05) is 0 Å². The standard InChI is InChI=1S/C11H23NO3/c1-10(2)14-7-8-15-11(9-12)3-5-13-6-4-11/h10H,3-9,12H2,1-2H3. The Bertz CT molecular complexity index is 167. The van der Waals surface area contributed by atoms with Crippen LogP contribution in [0.15, 0.2) is 0 Å². The van der Waals surface area contributed by atoms with Crippen LogP contribution < -0.4 is 5.73 Å². The van der Waals surface area contributed by atoms with Crippen molar-refractivity contribution >= 4 is 0 Å². The fourth-order valence-electron chi connectivity index (χ4n) is 1.69. The Hall–Kier alpha value is -0.160. The van der Waals surface area contributed by atoms with Crippen LogP contribution >= 0.6 is 0 Å². The predicted molar refractivity (Wildman–Crippen MR) is 58.9 cm³/mol. The van der Waals surface area contributed by atoms with Crippen LogP contribution in [-0.2, 0) is 14.2 Å². The normalized spacial score (nSPS) is 20.8. The highest BCUT2D eigenvalue weighted by Crippen LogP contribution is 2.23. The minimum Gasteiger partial charge on any atom is -0.381 e. The molecule has 1 heterocycles. The molecule has 1 aliphatic rings. The van der Waals surface area contributed by atoms with E-state index >= 15 is 0 Å². The van der Waals surface area contributed by atoms with Crippen LogP contribution in [0, 0.1) is 0 Å². The van der Waals surface area contributed by atoms with Crippen molar-refractivity contribution in [3.8, 4) is 0 Å². The van der Waals surface area contributed by atoms with Crippen LogP contribution in [0.2, 0.25) is 0 Å². The Kier molecular flexibility index (Phi) is 5.53. The molecule has 0 atom stereocenters. The third-order valence-electron chi connectivity index (χ3n) is 2.72. The Morgan fingerprint density at radius 1 is 1.27 bits per heavy atom. The molecule has 0 bridgehead atoms. The van der Waals surface area contributed by atoms with E-state index in [0.717, 1.165) is 26.1 Å². The van der Waals surface area contributed by atoms with Crippen LogP contribution in [0.5, 0.6) is 0 Å². The van der Waals surface area contributed by atoms with Gasteiger partial charge >= 0.3 is 0 Å². The zero-order valence-corrected chi connectivity index (χ0v) is 9.83. The lowest BCUT2D eigenvalue weighted by molar-refractivity contribution is -0.119. The fraction of sp³-hybridized carbons (Fsp3) is 1.00. The van der Waals surface area contributed by atoms with Crippen molar-refractivity contribution in [2.24, 2.45) is 5.73 Å². The van der Waals surface area contributed by atoms with Gasteiger partial charge in [0.1, 0.15) is 0 Å². The first-order chi connectivity index (χ1) is 7.18. The summed E-state index contributed by atoms with van der Waals surface area (Å²) >= 11 is 0. The van der Waals surface area contributed by atoms with Gasteiger partial charge in [0.15, 0.2) is 0 Å². The lowest BCUT2D eigenvalue weighted by atomic mass is 9.94. The fourth-order valence-corrected chi connectivity index (χ4v) is 1.69. The molecule has 0 aliphatic carbocycles. The van der Waals surface area contributed by atoms with Gasteiger partial charge in [0.2, 0.25) is 0 Å². The average Bonchev–Trinajstić information content (AvgIpc) is 2.26. The van der Waals surface area contributed by atoms with Gasteiger partial charge in [-0.3, -0.25) is 0 Å². The molecule has 0 spiro atoms. The van der Waals surface area contributed by atoms with E-state index in [9.17, 15) is 0 Å². The van der Waals surface area contributed by atoms with E-state index in [0.29, 0.717) is 19.8 Å². The molecule has 1 fully saturated rings. The van der Waals surface area contributed by atoms with Crippen LogP contribution in [0.1, 0.15) is 26.7 Å². The van der Waals surface area contributed by atoms with E-state index in [4.69, 9.17) is 19.9 Å². The number of ether oxygens (including phenoxy) is 3. The van der Waals surface area contributed by atoms with Gasteiger partial charge in [-0.15, -0.1) is 0 Å². The highest BCUT2D eigenvalue weighted by molar-refractivity contribution is 4.84. The molecular weight excluding hydrogens is 194 g/mol. The summed E-state index contributed by atoms with van der Waals surface area (Å²) in [4.78, 5) is 0. The number of nitrogens with two attached hydrogens (primary N) is 1. The second kappa shape index (κ2) is 6.43. The minimum absolute atomic E-state index is 0.168. The van der Waals surface area contributed by atoms with Crippen LogP contribution in [0.3, 0.4) is 0 Å². The summed E-state index contributed by atoms with van der Waals surface area (Å²) in [6.45, 7) is 7.37. The smallest absolute Gasteiger partial charge is 0.0849 e. The van der Waals surface area contributed by atoms with Gasteiger partial charge in [0, 0.05) is 32.6 Å². The van der Waals surface area contributed by atoms with Crippen molar-refractivity contribution in [2.45, 2.75) is 38.4 Å². The van der Waals surface area contributed by atoms with Crippen molar-refractivity contribution in [1.82, 2.24) is 0 Å². The molecule has 0 aromatic rings. The summed E-state index contributed by atoms with van der Waals surface area (Å²) in [6, 6.07) is 0. The van der Waals surface area contributed by atoms with Gasteiger partial charge in [-0.05, 0) is 13.8 Å². The Labute approximate surface area is 92.1 Å². The van der Waals surface area contributed by atoms with Gasteiger partial charge in [0.05, 0.1) is 24.9 Å². The predicted octanol–water partition coefficient (Wildman–Crippen LogP) is 0.936. The van der Waals surface area contributed by atoms with E-state index in [1.54, 1.807) is 0 Å². The van der Waals surface area contributed by atoms with Gasteiger partial charge in [-0.25, -0.2) is 0 Å². The van der Waals surface area contributed by atoms with Crippen molar-refractivity contribution in [3.05, 3.63) is 0 Å². The molecule has 4 heteroatoms. The van der Waals surface area contributed by atoms with Crippen molar-refractivity contribution in [3.63, 3.8) is 0 Å². The topological polar surface area (TPSA) is 53.7 Å². The molecule has 1 rings (SSSR count).